The molecule has 2 nitrogen and oxygen atoms in total. The molecule has 0 aliphatic carbocycles. The van der Waals surface area contributed by atoms with E-state index in [9.17, 15) is 0 Å². The summed E-state index contributed by atoms with van der Waals surface area (Å²) in [6.45, 7) is 8.94. The molecule has 18 heavy (non-hydrogen) atoms. The topological polar surface area (TPSA) is 35.2 Å². The van der Waals surface area contributed by atoms with Crippen molar-refractivity contribution >= 4 is 0 Å². The maximum Gasteiger partial charge on any atom is 0.119 e. The predicted octanol–water partition coefficient (Wildman–Crippen LogP) is 3.52. The molecule has 1 rings (SSSR count). The normalized spacial score (nSPS) is 12.5. The number of rotatable bonds is 4. The SMILES string of the molecule is CCOc1cccc(C(N)CC#CC(C)(C)C)c1. The van der Waals surface area contributed by atoms with E-state index in [-0.39, 0.29) is 11.5 Å². The first-order valence-corrected chi connectivity index (χ1v) is 6.41. The van der Waals surface area contributed by atoms with Gasteiger partial charge in [0.05, 0.1) is 6.61 Å². The van der Waals surface area contributed by atoms with Crippen molar-refractivity contribution in [1.82, 2.24) is 0 Å². The van der Waals surface area contributed by atoms with E-state index >= 15 is 0 Å². The summed E-state index contributed by atoms with van der Waals surface area (Å²) in [6.07, 6.45) is 0.673. The van der Waals surface area contributed by atoms with Gasteiger partial charge >= 0.3 is 0 Å². The lowest BCUT2D eigenvalue weighted by Gasteiger charge is -2.11. The second-order valence-electron chi connectivity index (χ2n) is 5.37. The van der Waals surface area contributed by atoms with Crippen molar-refractivity contribution in [2.75, 3.05) is 6.61 Å². The first kappa shape index (κ1) is 14.6. The monoisotopic (exact) mass is 245 g/mol. The minimum absolute atomic E-state index is 0.0346. The third kappa shape index (κ3) is 5.25. The lowest BCUT2D eigenvalue weighted by Crippen LogP contribution is -2.10. The van der Waals surface area contributed by atoms with E-state index in [1.165, 1.54) is 0 Å². The fraction of sp³-hybridized carbons (Fsp3) is 0.500. The fourth-order valence-electron chi connectivity index (χ4n) is 1.55. The Kier molecular flexibility index (Phi) is 5.25. The Hall–Kier alpha value is -1.46. The van der Waals surface area contributed by atoms with E-state index in [0.29, 0.717) is 13.0 Å². The number of benzene rings is 1. The van der Waals surface area contributed by atoms with Gasteiger partial charge in [-0.1, -0.05) is 18.1 Å². The highest BCUT2D eigenvalue weighted by molar-refractivity contribution is 5.31. The molecule has 0 aliphatic heterocycles. The molecule has 1 unspecified atom stereocenters. The maximum atomic E-state index is 6.13. The van der Waals surface area contributed by atoms with Crippen molar-refractivity contribution in [2.45, 2.75) is 40.2 Å². The van der Waals surface area contributed by atoms with Crippen molar-refractivity contribution in [3.8, 4) is 17.6 Å². The predicted molar refractivity (Wildman–Crippen MR) is 76.4 cm³/mol. The summed E-state index contributed by atoms with van der Waals surface area (Å²) in [5.74, 6) is 7.23. The van der Waals surface area contributed by atoms with Crippen LogP contribution in [0.3, 0.4) is 0 Å². The largest absolute Gasteiger partial charge is 0.494 e. The summed E-state index contributed by atoms with van der Waals surface area (Å²) in [4.78, 5) is 0. The molecular weight excluding hydrogens is 222 g/mol. The quantitative estimate of drug-likeness (QED) is 0.824. The lowest BCUT2D eigenvalue weighted by molar-refractivity contribution is 0.339. The highest BCUT2D eigenvalue weighted by atomic mass is 16.5. The third-order valence-corrected chi connectivity index (χ3v) is 2.38. The van der Waals surface area contributed by atoms with Crippen LogP contribution >= 0.6 is 0 Å². The Morgan fingerprint density at radius 1 is 1.33 bits per heavy atom. The van der Waals surface area contributed by atoms with Crippen molar-refractivity contribution in [1.29, 1.82) is 0 Å². The molecule has 0 heterocycles. The average Bonchev–Trinajstić information content (AvgIpc) is 2.28. The van der Waals surface area contributed by atoms with E-state index in [1.54, 1.807) is 0 Å². The fourth-order valence-corrected chi connectivity index (χ4v) is 1.55. The number of hydrogen-bond acceptors (Lipinski definition) is 2. The van der Waals surface area contributed by atoms with Gasteiger partial charge in [0, 0.05) is 17.9 Å². The van der Waals surface area contributed by atoms with Crippen LogP contribution in [-0.4, -0.2) is 6.61 Å². The number of ether oxygens (including phenoxy) is 1. The molecule has 98 valence electrons. The van der Waals surface area contributed by atoms with Gasteiger partial charge in [0.15, 0.2) is 0 Å². The van der Waals surface area contributed by atoms with Crippen LogP contribution in [0.25, 0.3) is 0 Å². The van der Waals surface area contributed by atoms with E-state index in [1.807, 2.05) is 31.2 Å². The molecule has 1 aromatic carbocycles. The second kappa shape index (κ2) is 6.47. The smallest absolute Gasteiger partial charge is 0.119 e. The van der Waals surface area contributed by atoms with Gasteiger partial charge in [0.1, 0.15) is 5.75 Å². The lowest BCUT2D eigenvalue weighted by atomic mass is 9.97. The van der Waals surface area contributed by atoms with Gasteiger partial charge < -0.3 is 10.5 Å². The van der Waals surface area contributed by atoms with Gasteiger partial charge in [-0.2, -0.15) is 0 Å². The van der Waals surface area contributed by atoms with Crippen molar-refractivity contribution in [3.63, 3.8) is 0 Å². The highest BCUT2D eigenvalue weighted by Gasteiger charge is 2.07. The Morgan fingerprint density at radius 3 is 2.67 bits per heavy atom. The minimum Gasteiger partial charge on any atom is -0.494 e. The molecule has 0 amide bonds. The molecule has 0 spiro atoms. The van der Waals surface area contributed by atoms with E-state index < -0.39 is 0 Å². The van der Waals surface area contributed by atoms with Crippen LogP contribution in [0.5, 0.6) is 5.75 Å². The van der Waals surface area contributed by atoms with Crippen LogP contribution < -0.4 is 10.5 Å². The van der Waals surface area contributed by atoms with Gasteiger partial charge in [0.25, 0.3) is 0 Å². The number of hydrogen-bond donors (Lipinski definition) is 1. The second-order valence-corrected chi connectivity index (χ2v) is 5.37. The Balaban J connectivity index is 2.68. The van der Waals surface area contributed by atoms with Crippen LogP contribution in [0, 0.1) is 17.3 Å². The Labute approximate surface area is 111 Å². The molecule has 0 aliphatic rings. The van der Waals surface area contributed by atoms with Crippen molar-refractivity contribution < 1.29 is 4.74 Å². The Morgan fingerprint density at radius 2 is 2.06 bits per heavy atom. The van der Waals surface area contributed by atoms with Gasteiger partial charge in [-0.3, -0.25) is 0 Å². The standard InChI is InChI=1S/C16H23NO/c1-5-18-14-9-6-8-13(12-14)15(17)10-7-11-16(2,3)4/h6,8-9,12,15H,5,10,17H2,1-4H3. The van der Waals surface area contributed by atoms with Gasteiger partial charge in [-0.05, 0) is 45.4 Å². The molecule has 0 saturated heterocycles. The summed E-state index contributed by atoms with van der Waals surface area (Å²) < 4.78 is 5.46. The summed E-state index contributed by atoms with van der Waals surface area (Å²) in [5.41, 5.74) is 7.24. The zero-order valence-electron chi connectivity index (χ0n) is 11.8. The molecule has 0 radical (unpaired) electrons. The van der Waals surface area contributed by atoms with Gasteiger partial charge in [-0.25, -0.2) is 0 Å². The van der Waals surface area contributed by atoms with Crippen LogP contribution in [0.2, 0.25) is 0 Å². The van der Waals surface area contributed by atoms with Gasteiger partial charge in [0.2, 0.25) is 0 Å². The molecule has 2 heteroatoms. The summed E-state index contributed by atoms with van der Waals surface area (Å²) in [5, 5.41) is 0. The van der Waals surface area contributed by atoms with E-state index in [2.05, 4.69) is 32.6 Å². The van der Waals surface area contributed by atoms with Crippen LogP contribution in [0.4, 0.5) is 0 Å². The first-order valence-electron chi connectivity index (χ1n) is 6.41. The van der Waals surface area contributed by atoms with Crippen molar-refractivity contribution in [2.24, 2.45) is 11.1 Å². The zero-order valence-corrected chi connectivity index (χ0v) is 11.8. The van der Waals surface area contributed by atoms with Crippen LogP contribution in [-0.2, 0) is 0 Å². The van der Waals surface area contributed by atoms with Crippen molar-refractivity contribution in [3.05, 3.63) is 29.8 Å². The third-order valence-electron chi connectivity index (χ3n) is 2.38. The highest BCUT2D eigenvalue weighted by Crippen LogP contribution is 2.20. The molecular formula is C16H23NO. The summed E-state index contributed by atoms with van der Waals surface area (Å²) in [6, 6.07) is 7.87. The molecule has 0 fully saturated rings. The molecule has 0 aromatic heterocycles. The van der Waals surface area contributed by atoms with Gasteiger partial charge in [-0.15, -0.1) is 5.92 Å². The maximum absolute atomic E-state index is 6.13. The van der Waals surface area contributed by atoms with Crippen LogP contribution in [0.15, 0.2) is 24.3 Å². The van der Waals surface area contributed by atoms with Crippen LogP contribution in [0.1, 0.15) is 45.7 Å². The molecule has 2 N–H and O–H groups in total. The van der Waals surface area contributed by atoms with E-state index in [0.717, 1.165) is 11.3 Å². The summed E-state index contributed by atoms with van der Waals surface area (Å²) >= 11 is 0. The number of nitrogens with two attached hydrogens (primary N) is 1. The van der Waals surface area contributed by atoms with E-state index in [4.69, 9.17) is 10.5 Å². The molecule has 0 bridgehead atoms. The molecule has 1 atom stereocenters. The first-order chi connectivity index (χ1) is 8.42. The molecule has 0 saturated carbocycles. The zero-order chi connectivity index (χ0) is 13.6. The minimum atomic E-state index is -0.0553. The molecule has 1 aromatic rings. The summed E-state index contributed by atoms with van der Waals surface area (Å²) in [7, 11) is 0. The average molecular weight is 245 g/mol. The Bertz CT molecular complexity index is 434.